The lowest BCUT2D eigenvalue weighted by atomic mass is 10.1. The Bertz CT molecular complexity index is 365. The Kier molecular flexibility index (Phi) is 3.13. The minimum atomic E-state index is -0.872. The van der Waals surface area contributed by atoms with Gasteiger partial charge in [-0.25, -0.2) is 4.79 Å². The third-order valence-corrected chi connectivity index (χ3v) is 2.51. The summed E-state index contributed by atoms with van der Waals surface area (Å²) in [6.45, 7) is 0. The minimum absolute atomic E-state index is 0. The number of aromatic carboxylic acids is 1. The van der Waals surface area contributed by atoms with E-state index in [0.29, 0.717) is 5.56 Å². The number of carboxylic acids is 1. The van der Waals surface area contributed by atoms with Gasteiger partial charge < -0.3 is 10.8 Å². The Morgan fingerprint density at radius 2 is 2.21 bits per heavy atom. The fourth-order valence-electron chi connectivity index (χ4n) is 1.78. The van der Waals surface area contributed by atoms with Gasteiger partial charge in [-0.3, -0.25) is 0 Å². The topological polar surface area (TPSA) is 63.3 Å². The van der Waals surface area contributed by atoms with Crippen molar-refractivity contribution in [3.63, 3.8) is 0 Å². The third kappa shape index (κ3) is 1.74. The number of hydrogen-bond donors (Lipinski definition) is 2. The van der Waals surface area contributed by atoms with Crippen LogP contribution < -0.4 is 5.73 Å². The molecule has 0 aromatic heterocycles. The smallest absolute Gasteiger partial charge is 0.335 e. The van der Waals surface area contributed by atoms with E-state index in [1.54, 1.807) is 12.1 Å². The van der Waals surface area contributed by atoms with E-state index in [9.17, 15) is 4.79 Å². The molecule has 0 spiro atoms. The van der Waals surface area contributed by atoms with Crippen molar-refractivity contribution >= 4 is 18.4 Å². The van der Waals surface area contributed by atoms with Crippen LogP contribution in [0.3, 0.4) is 0 Å². The van der Waals surface area contributed by atoms with Crippen molar-refractivity contribution in [3.8, 4) is 0 Å². The van der Waals surface area contributed by atoms with Crippen LogP contribution in [0.1, 0.15) is 33.9 Å². The summed E-state index contributed by atoms with van der Waals surface area (Å²) in [7, 11) is 0. The maximum atomic E-state index is 10.7. The van der Waals surface area contributed by atoms with E-state index >= 15 is 0 Å². The number of carbonyl (C=O) groups is 1. The van der Waals surface area contributed by atoms with Crippen LogP contribution in [0.4, 0.5) is 0 Å². The molecule has 4 heteroatoms. The predicted molar refractivity (Wildman–Crippen MR) is 55.9 cm³/mol. The van der Waals surface area contributed by atoms with Gasteiger partial charge in [0.25, 0.3) is 0 Å². The molecule has 1 aliphatic carbocycles. The number of hydrogen-bond acceptors (Lipinski definition) is 2. The summed E-state index contributed by atoms with van der Waals surface area (Å²) < 4.78 is 0. The first-order valence-electron chi connectivity index (χ1n) is 4.30. The van der Waals surface area contributed by atoms with Crippen molar-refractivity contribution in [2.75, 3.05) is 0 Å². The van der Waals surface area contributed by atoms with Crippen LogP contribution in [0.15, 0.2) is 18.2 Å². The summed E-state index contributed by atoms with van der Waals surface area (Å²) in [4.78, 5) is 10.7. The van der Waals surface area contributed by atoms with E-state index in [4.69, 9.17) is 10.8 Å². The van der Waals surface area contributed by atoms with Gasteiger partial charge in [-0.15, -0.1) is 12.4 Å². The molecule has 0 heterocycles. The molecule has 2 rings (SSSR count). The number of fused-ring (bicyclic) bond motifs is 1. The molecule has 0 bridgehead atoms. The first kappa shape index (κ1) is 11.0. The Morgan fingerprint density at radius 1 is 1.50 bits per heavy atom. The molecule has 1 aromatic rings. The molecule has 14 heavy (non-hydrogen) atoms. The fourth-order valence-corrected chi connectivity index (χ4v) is 1.78. The third-order valence-electron chi connectivity index (χ3n) is 2.51. The van der Waals surface area contributed by atoms with E-state index < -0.39 is 5.97 Å². The average molecular weight is 214 g/mol. The van der Waals surface area contributed by atoms with Crippen molar-refractivity contribution < 1.29 is 9.90 Å². The van der Waals surface area contributed by atoms with Gasteiger partial charge in [0.2, 0.25) is 0 Å². The summed E-state index contributed by atoms with van der Waals surface area (Å²) >= 11 is 0. The first-order valence-corrected chi connectivity index (χ1v) is 4.30. The molecular weight excluding hydrogens is 202 g/mol. The second kappa shape index (κ2) is 3.98. The van der Waals surface area contributed by atoms with Crippen molar-refractivity contribution in [2.45, 2.75) is 18.9 Å². The highest BCUT2D eigenvalue weighted by atomic mass is 35.5. The highest BCUT2D eigenvalue weighted by Gasteiger charge is 2.19. The Hall–Kier alpha value is -1.06. The van der Waals surface area contributed by atoms with E-state index in [1.807, 2.05) is 6.07 Å². The molecule has 0 aliphatic heterocycles. The number of halogens is 1. The van der Waals surface area contributed by atoms with Gasteiger partial charge >= 0.3 is 5.97 Å². The lowest BCUT2D eigenvalue weighted by Gasteiger charge is -2.04. The fraction of sp³-hybridized carbons (Fsp3) is 0.300. The van der Waals surface area contributed by atoms with E-state index in [-0.39, 0.29) is 18.4 Å². The summed E-state index contributed by atoms with van der Waals surface area (Å²) in [5, 5.41) is 8.75. The molecule has 3 N–H and O–H groups in total. The summed E-state index contributed by atoms with van der Waals surface area (Å²) in [6, 6.07) is 5.27. The molecule has 0 saturated carbocycles. The van der Waals surface area contributed by atoms with Gasteiger partial charge in [0.15, 0.2) is 0 Å². The Balaban J connectivity index is 0.000000980. The van der Waals surface area contributed by atoms with Gasteiger partial charge in [-0.05, 0) is 36.1 Å². The van der Waals surface area contributed by atoms with Gasteiger partial charge in [0.1, 0.15) is 0 Å². The second-order valence-corrected chi connectivity index (χ2v) is 3.36. The summed E-state index contributed by atoms with van der Waals surface area (Å²) in [6.07, 6.45) is 1.83. The van der Waals surface area contributed by atoms with Crippen LogP contribution in [-0.4, -0.2) is 11.1 Å². The van der Waals surface area contributed by atoms with Crippen molar-refractivity contribution in [1.29, 1.82) is 0 Å². The zero-order valence-corrected chi connectivity index (χ0v) is 8.38. The minimum Gasteiger partial charge on any atom is -0.478 e. The van der Waals surface area contributed by atoms with Crippen LogP contribution in [0.2, 0.25) is 0 Å². The van der Waals surface area contributed by atoms with Gasteiger partial charge in [-0.2, -0.15) is 0 Å². The van der Waals surface area contributed by atoms with Crippen LogP contribution in [0.25, 0.3) is 0 Å². The van der Waals surface area contributed by atoms with Crippen molar-refractivity contribution in [2.24, 2.45) is 5.73 Å². The summed E-state index contributed by atoms with van der Waals surface area (Å²) in [5.41, 5.74) is 8.37. The van der Waals surface area contributed by atoms with E-state index in [1.165, 1.54) is 0 Å². The standard InChI is InChI=1S/C10H11NO2.ClH/c11-9-4-2-6-5-7(10(12)13)1-3-8(6)9;/h1,3,5,9H,2,4,11H2,(H,12,13);1H/t9-;/m1./s1. The lowest BCUT2D eigenvalue weighted by Crippen LogP contribution is -2.05. The lowest BCUT2D eigenvalue weighted by molar-refractivity contribution is 0.0697. The summed E-state index contributed by atoms with van der Waals surface area (Å²) in [5.74, 6) is -0.872. The maximum absolute atomic E-state index is 10.7. The molecule has 3 nitrogen and oxygen atoms in total. The molecule has 1 aliphatic rings. The zero-order valence-electron chi connectivity index (χ0n) is 7.56. The maximum Gasteiger partial charge on any atom is 0.335 e. The van der Waals surface area contributed by atoms with Gasteiger partial charge in [-0.1, -0.05) is 6.07 Å². The largest absolute Gasteiger partial charge is 0.478 e. The Labute approximate surface area is 88.3 Å². The van der Waals surface area contributed by atoms with E-state index in [2.05, 4.69) is 0 Å². The van der Waals surface area contributed by atoms with Crippen molar-refractivity contribution in [1.82, 2.24) is 0 Å². The first-order chi connectivity index (χ1) is 6.18. The number of nitrogens with two attached hydrogens (primary N) is 1. The number of rotatable bonds is 1. The highest BCUT2D eigenvalue weighted by Crippen LogP contribution is 2.29. The Morgan fingerprint density at radius 3 is 2.86 bits per heavy atom. The molecule has 0 unspecified atom stereocenters. The monoisotopic (exact) mass is 213 g/mol. The van der Waals surface area contributed by atoms with Gasteiger partial charge in [0, 0.05) is 6.04 Å². The number of carboxylic acid groups (broad SMARTS) is 1. The molecule has 0 fully saturated rings. The van der Waals surface area contributed by atoms with Crippen LogP contribution >= 0.6 is 12.4 Å². The molecule has 1 aromatic carbocycles. The quantitative estimate of drug-likeness (QED) is 0.747. The average Bonchev–Trinajstić information content (AvgIpc) is 2.47. The molecular formula is C10H12ClNO2. The normalized spacial score (nSPS) is 18.5. The van der Waals surface area contributed by atoms with Crippen LogP contribution in [-0.2, 0) is 6.42 Å². The SMILES string of the molecule is Cl.N[C@@H]1CCc2cc(C(=O)O)ccc21. The number of benzene rings is 1. The van der Waals surface area contributed by atoms with Gasteiger partial charge in [0.05, 0.1) is 5.56 Å². The van der Waals surface area contributed by atoms with E-state index in [0.717, 1.165) is 24.0 Å². The molecule has 1 atom stereocenters. The molecule has 0 amide bonds. The molecule has 76 valence electrons. The predicted octanol–water partition coefficient (Wildman–Crippen LogP) is 1.75. The second-order valence-electron chi connectivity index (χ2n) is 3.36. The van der Waals surface area contributed by atoms with Crippen LogP contribution in [0, 0.1) is 0 Å². The molecule has 0 saturated heterocycles. The highest BCUT2D eigenvalue weighted by molar-refractivity contribution is 5.88. The van der Waals surface area contributed by atoms with Crippen molar-refractivity contribution in [3.05, 3.63) is 34.9 Å². The molecule has 0 radical (unpaired) electrons. The number of aryl methyl sites for hydroxylation is 1. The van der Waals surface area contributed by atoms with Crippen LogP contribution in [0.5, 0.6) is 0 Å². The zero-order chi connectivity index (χ0) is 9.42.